The third-order valence-corrected chi connectivity index (χ3v) is 3.36. The van der Waals surface area contributed by atoms with Crippen molar-refractivity contribution < 1.29 is 14.3 Å². The molecule has 0 saturated carbocycles. The number of nitrogens with two attached hydrogens (primary N) is 1. The molecule has 2 rings (SSSR count). The van der Waals surface area contributed by atoms with Crippen molar-refractivity contribution in [2.45, 2.75) is 25.8 Å². The Balaban J connectivity index is 0.00000220. The first-order valence-corrected chi connectivity index (χ1v) is 7.02. The molecule has 1 heterocycles. The van der Waals surface area contributed by atoms with Gasteiger partial charge in [-0.1, -0.05) is 0 Å². The highest BCUT2D eigenvalue weighted by Gasteiger charge is 2.14. The Labute approximate surface area is 131 Å². The summed E-state index contributed by atoms with van der Waals surface area (Å²) >= 11 is 0. The van der Waals surface area contributed by atoms with Crippen LogP contribution < -0.4 is 15.8 Å². The molecule has 0 aliphatic carbocycles. The van der Waals surface area contributed by atoms with Crippen LogP contribution in [0, 0.1) is 5.92 Å². The molecular formula is C15H23ClN2O3. The van der Waals surface area contributed by atoms with Gasteiger partial charge >= 0.3 is 0 Å². The maximum Gasteiger partial charge on any atom is 0.240 e. The number of ether oxygens (including phenoxy) is 2. The molecule has 0 spiro atoms. The van der Waals surface area contributed by atoms with Gasteiger partial charge in [-0.05, 0) is 49.9 Å². The highest BCUT2D eigenvalue weighted by molar-refractivity contribution is 5.94. The molecule has 0 bridgehead atoms. The lowest BCUT2D eigenvalue weighted by atomic mass is 10.0. The van der Waals surface area contributed by atoms with Gasteiger partial charge in [0.1, 0.15) is 5.75 Å². The Bertz CT molecular complexity index is 431. The highest BCUT2D eigenvalue weighted by atomic mass is 35.5. The van der Waals surface area contributed by atoms with E-state index in [9.17, 15) is 4.79 Å². The zero-order valence-corrected chi connectivity index (χ0v) is 13.0. The van der Waals surface area contributed by atoms with E-state index in [-0.39, 0.29) is 18.3 Å². The van der Waals surface area contributed by atoms with Gasteiger partial charge in [0.05, 0.1) is 12.6 Å². The van der Waals surface area contributed by atoms with Gasteiger partial charge in [-0.15, -0.1) is 12.4 Å². The molecule has 0 unspecified atom stereocenters. The minimum atomic E-state index is -0.514. The smallest absolute Gasteiger partial charge is 0.240 e. The van der Waals surface area contributed by atoms with Crippen molar-refractivity contribution >= 4 is 24.0 Å². The SMILES string of the molecule is C[C@H](N)C(=O)Nc1ccc(OCC2CCOCC2)cc1.Cl. The summed E-state index contributed by atoms with van der Waals surface area (Å²) in [5.74, 6) is 1.19. The topological polar surface area (TPSA) is 73.6 Å². The number of hydrogen-bond acceptors (Lipinski definition) is 4. The summed E-state index contributed by atoms with van der Waals surface area (Å²) in [5.41, 5.74) is 6.22. The summed E-state index contributed by atoms with van der Waals surface area (Å²) in [6.07, 6.45) is 2.12. The molecule has 6 heteroatoms. The molecule has 1 aliphatic heterocycles. The second-order valence-corrected chi connectivity index (χ2v) is 5.17. The first-order valence-electron chi connectivity index (χ1n) is 7.02. The van der Waals surface area contributed by atoms with Crippen molar-refractivity contribution in [3.8, 4) is 5.75 Å². The first-order chi connectivity index (χ1) is 9.65. The largest absolute Gasteiger partial charge is 0.493 e. The lowest BCUT2D eigenvalue weighted by Gasteiger charge is -2.22. The monoisotopic (exact) mass is 314 g/mol. The van der Waals surface area contributed by atoms with Crippen LogP contribution >= 0.6 is 12.4 Å². The number of benzene rings is 1. The van der Waals surface area contributed by atoms with E-state index in [2.05, 4.69) is 5.32 Å². The Hall–Kier alpha value is -1.30. The van der Waals surface area contributed by atoms with Crippen molar-refractivity contribution in [2.24, 2.45) is 11.7 Å². The average molecular weight is 315 g/mol. The van der Waals surface area contributed by atoms with Crippen LogP contribution in [0.4, 0.5) is 5.69 Å². The van der Waals surface area contributed by atoms with E-state index in [0.29, 0.717) is 5.92 Å². The highest BCUT2D eigenvalue weighted by Crippen LogP contribution is 2.19. The molecule has 0 radical (unpaired) electrons. The molecule has 21 heavy (non-hydrogen) atoms. The van der Waals surface area contributed by atoms with Crippen LogP contribution in [0.15, 0.2) is 24.3 Å². The molecule has 1 amide bonds. The summed E-state index contributed by atoms with van der Waals surface area (Å²) in [6, 6.07) is 6.84. The number of rotatable bonds is 5. The second kappa shape index (κ2) is 8.87. The molecule has 1 fully saturated rings. The Morgan fingerprint density at radius 2 is 2.00 bits per heavy atom. The van der Waals surface area contributed by atoms with Crippen molar-refractivity contribution in [3.63, 3.8) is 0 Å². The van der Waals surface area contributed by atoms with Crippen molar-refractivity contribution in [1.82, 2.24) is 0 Å². The average Bonchev–Trinajstić information content (AvgIpc) is 2.47. The molecule has 3 N–H and O–H groups in total. The summed E-state index contributed by atoms with van der Waals surface area (Å²) in [6.45, 7) is 4.03. The molecule has 1 saturated heterocycles. The fraction of sp³-hybridized carbons (Fsp3) is 0.533. The third-order valence-electron chi connectivity index (χ3n) is 3.36. The van der Waals surface area contributed by atoms with Crippen LogP contribution in [0.2, 0.25) is 0 Å². The van der Waals surface area contributed by atoms with E-state index >= 15 is 0 Å². The summed E-state index contributed by atoms with van der Waals surface area (Å²) in [4.78, 5) is 11.5. The zero-order chi connectivity index (χ0) is 14.4. The van der Waals surface area contributed by atoms with E-state index in [4.69, 9.17) is 15.2 Å². The van der Waals surface area contributed by atoms with E-state index in [1.165, 1.54) is 0 Å². The van der Waals surface area contributed by atoms with Gasteiger partial charge in [-0.2, -0.15) is 0 Å². The molecule has 1 aromatic rings. The minimum absolute atomic E-state index is 0. The van der Waals surface area contributed by atoms with Crippen LogP contribution in [0.25, 0.3) is 0 Å². The van der Waals surface area contributed by atoms with E-state index in [1.807, 2.05) is 24.3 Å². The number of anilines is 1. The Kier molecular flexibility index (Phi) is 7.50. The third kappa shape index (κ3) is 5.91. The van der Waals surface area contributed by atoms with Gasteiger partial charge in [-0.25, -0.2) is 0 Å². The quantitative estimate of drug-likeness (QED) is 0.874. The predicted octanol–water partition coefficient (Wildman–Crippen LogP) is 2.20. The number of carbonyl (C=O) groups is 1. The zero-order valence-electron chi connectivity index (χ0n) is 12.2. The molecule has 0 aromatic heterocycles. The van der Waals surface area contributed by atoms with Gasteiger partial charge in [0.15, 0.2) is 0 Å². The van der Waals surface area contributed by atoms with Crippen LogP contribution in [0.3, 0.4) is 0 Å². The number of hydrogen-bond donors (Lipinski definition) is 2. The predicted molar refractivity (Wildman–Crippen MR) is 85.0 cm³/mol. The second-order valence-electron chi connectivity index (χ2n) is 5.17. The molecule has 1 aromatic carbocycles. The molecule has 1 atom stereocenters. The summed E-state index contributed by atoms with van der Waals surface area (Å²) in [7, 11) is 0. The molecule has 118 valence electrons. The maximum absolute atomic E-state index is 11.5. The molecule has 5 nitrogen and oxygen atoms in total. The minimum Gasteiger partial charge on any atom is -0.493 e. The number of amides is 1. The Morgan fingerprint density at radius 1 is 1.38 bits per heavy atom. The van der Waals surface area contributed by atoms with Crippen molar-refractivity contribution in [3.05, 3.63) is 24.3 Å². The lowest BCUT2D eigenvalue weighted by molar-refractivity contribution is -0.117. The van der Waals surface area contributed by atoms with Gasteiger partial charge in [0.25, 0.3) is 0 Å². The number of halogens is 1. The van der Waals surface area contributed by atoms with E-state index < -0.39 is 6.04 Å². The number of carbonyl (C=O) groups excluding carboxylic acids is 1. The fourth-order valence-electron chi connectivity index (χ4n) is 2.02. The van der Waals surface area contributed by atoms with Gasteiger partial charge < -0.3 is 20.5 Å². The van der Waals surface area contributed by atoms with E-state index in [1.54, 1.807) is 6.92 Å². The van der Waals surface area contributed by atoms with Crippen LogP contribution in [0.5, 0.6) is 5.75 Å². The van der Waals surface area contributed by atoms with Crippen molar-refractivity contribution in [2.75, 3.05) is 25.1 Å². The normalized spacial score (nSPS) is 16.7. The van der Waals surface area contributed by atoms with Crippen LogP contribution in [-0.4, -0.2) is 31.8 Å². The fourth-order valence-corrected chi connectivity index (χ4v) is 2.02. The first kappa shape index (κ1) is 17.8. The van der Waals surface area contributed by atoms with Gasteiger partial charge in [0.2, 0.25) is 5.91 Å². The summed E-state index contributed by atoms with van der Waals surface area (Å²) in [5, 5.41) is 2.74. The van der Waals surface area contributed by atoms with Crippen LogP contribution in [0.1, 0.15) is 19.8 Å². The van der Waals surface area contributed by atoms with Gasteiger partial charge in [0, 0.05) is 18.9 Å². The standard InChI is InChI=1S/C15H22N2O3.ClH/c1-11(16)15(18)17-13-2-4-14(5-3-13)20-10-12-6-8-19-9-7-12;/h2-5,11-12H,6-10,16H2,1H3,(H,17,18);1H/t11-;/m0./s1. The summed E-state index contributed by atoms with van der Waals surface area (Å²) < 4.78 is 11.1. The molecular weight excluding hydrogens is 292 g/mol. The molecule has 1 aliphatic rings. The lowest BCUT2D eigenvalue weighted by Crippen LogP contribution is -2.32. The Morgan fingerprint density at radius 3 is 2.57 bits per heavy atom. The van der Waals surface area contributed by atoms with Gasteiger partial charge in [-0.3, -0.25) is 4.79 Å². The van der Waals surface area contributed by atoms with Crippen molar-refractivity contribution in [1.29, 1.82) is 0 Å². The van der Waals surface area contributed by atoms with E-state index in [0.717, 1.165) is 44.1 Å². The number of nitrogens with one attached hydrogen (secondary N) is 1. The van der Waals surface area contributed by atoms with Crippen LogP contribution in [-0.2, 0) is 9.53 Å². The maximum atomic E-state index is 11.5.